The minimum Gasteiger partial charge on any atom is -0.326 e. The summed E-state index contributed by atoms with van der Waals surface area (Å²) in [7, 11) is 6.66. The van der Waals surface area contributed by atoms with Crippen LogP contribution in [0.25, 0.3) is 0 Å². The van der Waals surface area contributed by atoms with Gasteiger partial charge in [0.05, 0.1) is 26.0 Å². The van der Waals surface area contributed by atoms with E-state index in [4.69, 9.17) is 11.6 Å². The van der Waals surface area contributed by atoms with Crippen LogP contribution in [0.5, 0.6) is 0 Å². The molecule has 18 heavy (non-hydrogen) atoms. The summed E-state index contributed by atoms with van der Waals surface area (Å²) in [6, 6.07) is 12.6. The molecule has 0 aliphatic carbocycles. The van der Waals surface area contributed by atoms with Crippen molar-refractivity contribution in [1.29, 1.82) is 0 Å². The van der Waals surface area contributed by atoms with Crippen molar-refractivity contribution in [2.75, 3.05) is 21.1 Å². The first-order valence-electron chi connectivity index (χ1n) is 6.05. The summed E-state index contributed by atoms with van der Waals surface area (Å²) >= 11 is 7.80. The molecule has 0 aliphatic heterocycles. The van der Waals surface area contributed by atoms with Crippen molar-refractivity contribution in [3.63, 3.8) is 0 Å². The SMILES string of the molecule is C[N+](C)(C)Cc1ccc(Cc2ccc(Cl)cc2)s1. The third-order valence-corrected chi connectivity index (χ3v) is 3.96. The van der Waals surface area contributed by atoms with Gasteiger partial charge in [-0.1, -0.05) is 23.7 Å². The molecule has 1 nitrogen and oxygen atoms in total. The van der Waals surface area contributed by atoms with Crippen LogP contribution in [0.4, 0.5) is 0 Å². The fourth-order valence-electron chi connectivity index (χ4n) is 1.87. The summed E-state index contributed by atoms with van der Waals surface area (Å²) in [6.07, 6.45) is 0.999. The van der Waals surface area contributed by atoms with Gasteiger partial charge < -0.3 is 4.48 Å². The van der Waals surface area contributed by atoms with Crippen LogP contribution >= 0.6 is 22.9 Å². The highest BCUT2D eigenvalue weighted by Gasteiger charge is 2.10. The van der Waals surface area contributed by atoms with Crippen molar-refractivity contribution in [3.8, 4) is 0 Å². The van der Waals surface area contributed by atoms with Gasteiger partial charge in [0.2, 0.25) is 0 Å². The largest absolute Gasteiger partial charge is 0.326 e. The molecule has 0 fully saturated rings. The van der Waals surface area contributed by atoms with Gasteiger partial charge in [0, 0.05) is 16.3 Å². The van der Waals surface area contributed by atoms with Gasteiger partial charge in [-0.05, 0) is 29.8 Å². The Morgan fingerprint density at radius 3 is 2.17 bits per heavy atom. The zero-order valence-electron chi connectivity index (χ0n) is 11.1. The number of thiophene rings is 1. The van der Waals surface area contributed by atoms with Crippen LogP contribution in [-0.4, -0.2) is 25.6 Å². The highest BCUT2D eigenvalue weighted by Crippen LogP contribution is 2.22. The van der Waals surface area contributed by atoms with Gasteiger partial charge in [0.1, 0.15) is 6.54 Å². The molecule has 2 rings (SSSR count). The molecule has 0 N–H and O–H groups in total. The first-order chi connectivity index (χ1) is 8.42. The molecule has 1 aromatic carbocycles. The second kappa shape index (κ2) is 5.43. The normalized spacial score (nSPS) is 11.8. The fourth-order valence-corrected chi connectivity index (χ4v) is 3.30. The molecule has 3 heteroatoms. The van der Waals surface area contributed by atoms with E-state index in [9.17, 15) is 0 Å². The quantitative estimate of drug-likeness (QED) is 0.737. The van der Waals surface area contributed by atoms with Crippen molar-refractivity contribution >= 4 is 22.9 Å². The first kappa shape index (κ1) is 13.6. The molecule has 0 radical (unpaired) electrons. The van der Waals surface area contributed by atoms with E-state index in [0.717, 1.165) is 22.5 Å². The lowest BCUT2D eigenvalue weighted by molar-refractivity contribution is -0.883. The first-order valence-corrected chi connectivity index (χ1v) is 7.24. The lowest BCUT2D eigenvalue weighted by Crippen LogP contribution is -2.32. The number of nitrogens with zero attached hydrogens (tertiary/aromatic N) is 1. The Kier molecular flexibility index (Phi) is 4.10. The van der Waals surface area contributed by atoms with Crippen molar-refractivity contribution in [1.82, 2.24) is 0 Å². The van der Waals surface area contributed by atoms with E-state index in [1.165, 1.54) is 15.3 Å². The Morgan fingerprint density at radius 1 is 0.944 bits per heavy atom. The molecule has 0 unspecified atom stereocenters. The van der Waals surface area contributed by atoms with E-state index >= 15 is 0 Å². The van der Waals surface area contributed by atoms with Crippen LogP contribution in [0.15, 0.2) is 36.4 Å². The Balaban J connectivity index is 2.04. The minimum atomic E-state index is 0.802. The van der Waals surface area contributed by atoms with E-state index in [1.807, 2.05) is 23.5 Å². The predicted molar refractivity (Wildman–Crippen MR) is 80.3 cm³/mol. The average Bonchev–Trinajstić information content (AvgIpc) is 2.66. The summed E-state index contributed by atoms with van der Waals surface area (Å²) in [4.78, 5) is 2.87. The van der Waals surface area contributed by atoms with Gasteiger partial charge in [-0.2, -0.15) is 0 Å². The molecule has 0 amide bonds. The Hall–Kier alpha value is -0.830. The molecule has 0 spiro atoms. The summed E-state index contributed by atoms with van der Waals surface area (Å²) < 4.78 is 0.973. The van der Waals surface area contributed by atoms with Crippen LogP contribution in [-0.2, 0) is 13.0 Å². The molecule has 1 aromatic heterocycles. The molecule has 2 aromatic rings. The maximum Gasteiger partial charge on any atom is 0.113 e. The van der Waals surface area contributed by atoms with Crippen molar-refractivity contribution in [2.45, 2.75) is 13.0 Å². The molecular weight excluding hydrogens is 262 g/mol. The standard InChI is InChI=1S/C15H19ClNS/c1-17(2,3)11-15-9-8-14(18-15)10-12-4-6-13(16)7-5-12/h4-9H,10-11H2,1-3H3/q+1. The van der Waals surface area contributed by atoms with Gasteiger partial charge in [-0.3, -0.25) is 0 Å². The van der Waals surface area contributed by atoms with Gasteiger partial charge in [0.15, 0.2) is 0 Å². The Bertz CT molecular complexity index is 508. The molecule has 0 atom stereocenters. The average molecular weight is 281 g/mol. The Labute approximate surface area is 118 Å². The van der Waals surface area contributed by atoms with E-state index in [-0.39, 0.29) is 0 Å². The highest BCUT2D eigenvalue weighted by molar-refractivity contribution is 7.12. The van der Waals surface area contributed by atoms with Crippen LogP contribution in [0.2, 0.25) is 5.02 Å². The lowest BCUT2D eigenvalue weighted by atomic mass is 10.1. The van der Waals surface area contributed by atoms with Crippen molar-refractivity contribution < 1.29 is 4.48 Å². The molecule has 0 saturated carbocycles. The third-order valence-electron chi connectivity index (χ3n) is 2.64. The Morgan fingerprint density at radius 2 is 1.56 bits per heavy atom. The molecular formula is C15H19ClNS+. The zero-order valence-corrected chi connectivity index (χ0v) is 12.7. The van der Waals surface area contributed by atoms with Crippen LogP contribution in [0.3, 0.4) is 0 Å². The second-order valence-corrected chi connectivity index (χ2v) is 7.31. The van der Waals surface area contributed by atoms with Crippen molar-refractivity contribution in [3.05, 3.63) is 56.7 Å². The molecule has 0 saturated heterocycles. The summed E-state index contributed by atoms with van der Waals surface area (Å²) in [6.45, 7) is 1.09. The number of hydrogen-bond acceptors (Lipinski definition) is 1. The molecule has 0 aliphatic rings. The zero-order chi connectivity index (χ0) is 13.2. The van der Waals surface area contributed by atoms with E-state index in [0.29, 0.717) is 0 Å². The number of halogens is 1. The maximum atomic E-state index is 5.89. The fraction of sp³-hybridized carbons (Fsp3) is 0.333. The number of quaternary nitrogens is 1. The maximum absolute atomic E-state index is 5.89. The predicted octanol–water partition coefficient (Wildman–Crippen LogP) is 4.20. The third kappa shape index (κ3) is 4.13. The number of hydrogen-bond donors (Lipinski definition) is 0. The summed E-state index contributed by atoms with van der Waals surface area (Å²) in [5, 5.41) is 0.802. The summed E-state index contributed by atoms with van der Waals surface area (Å²) in [5.74, 6) is 0. The highest BCUT2D eigenvalue weighted by atomic mass is 35.5. The van der Waals surface area contributed by atoms with Crippen molar-refractivity contribution in [2.24, 2.45) is 0 Å². The molecule has 96 valence electrons. The minimum absolute atomic E-state index is 0.802. The van der Waals surface area contributed by atoms with Crippen LogP contribution in [0, 0.1) is 0 Å². The number of benzene rings is 1. The van der Waals surface area contributed by atoms with Gasteiger partial charge in [-0.15, -0.1) is 11.3 Å². The van der Waals surface area contributed by atoms with Gasteiger partial charge >= 0.3 is 0 Å². The topological polar surface area (TPSA) is 0 Å². The lowest BCUT2D eigenvalue weighted by Gasteiger charge is -2.22. The van der Waals surface area contributed by atoms with Gasteiger partial charge in [0.25, 0.3) is 0 Å². The monoisotopic (exact) mass is 280 g/mol. The smallest absolute Gasteiger partial charge is 0.113 e. The van der Waals surface area contributed by atoms with Crippen LogP contribution in [0.1, 0.15) is 15.3 Å². The van der Waals surface area contributed by atoms with E-state index < -0.39 is 0 Å². The molecule has 0 bridgehead atoms. The van der Waals surface area contributed by atoms with Crippen LogP contribution < -0.4 is 0 Å². The number of rotatable bonds is 4. The van der Waals surface area contributed by atoms with E-state index in [2.05, 4.69) is 45.4 Å². The van der Waals surface area contributed by atoms with Gasteiger partial charge in [-0.25, -0.2) is 0 Å². The summed E-state index contributed by atoms with van der Waals surface area (Å²) in [5.41, 5.74) is 1.32. The molecule has 1 heterocycles. The second-order valence-electron chi connectivity index (χ2n) is 5.62. The van der Waals surface area contributed by atoms with E-state index in [1.54, 1.807) is 0 Å².